The Morgan fingerprint density at radius 1 is 1.00 bits per heavy atom. The minimum Gasteiger partial charge on any atom is -0.326 e. The van der Waals surface area contributed by atoms with Crippen molar-refractivity contribution in [3.05, 3.63) is 54.1 Å². The van der Waals surface area contributed by atoms with Crippen molar-refractivity contribution >= 4 is 33.2 Å². The number of rotatable bonds is 5. The Labute approximate surface area is 171 Å². The van der Waals surface area contributed by atoms with Crippen LogP contribution in [0.4, 0.5) is 11.4 Å². The van der Waals surface area contributed by atoms with Crippen LogP contribution in [0.15, 0.2) is 53.4 Å². The second-order valence-electron chi connectivity index (χ2n) is 7.19. The number of carbonyl (C=O) groups excluding carboxylic acids is 2. The standard InChI is InChI=1S/C21H25N3O4S/c1-15-8-9-18(22-16(2)25)14-20(15)23-21(26)17-10-12-24(13-11-17)29(27,28)19-6-4-3-5-7-19/h3-9,14,17H,10-13H2,1-2H3,(H,22,25)(H,23,26). The van der Waals surface area contributed by atoms with Gasteiger partial charge in [-0.3, -0.25) is 9.59 Å². The van der Waals surface area contributed by atoms with Gasteiger partial charge in [0.2, 0.25) is 21.8 Å². The third-order valence-corrected chi connectivity index (χ3v) is 6.93. The SMILES string of the molecule is CC(=O)Nc1ccc(C)c(NC(=O)C2CCN(S(=O)(=O)c3ccccc3)CC2)c1. The molecule has 0 unspecified atom stereocenters. The first-order valence-corrected chi connectivity index (χ1v) is 11.0. The van der Waals surface area contributed by atoms with Crippen molar-refractivity contribution in [1.82, 2.24) is 4.31 Å². The first kappa shape index (κ1) is 21.0. The third-order valence-electron chi connectivity index (χ3n) is 5.02. The average Bonchev–Trinajstić information content (AvgIpc) is 2.71. The van der Waals surface area contributed by atoms with Crippen LogP contribution in [0.2, 0.25) is 0 Å². The van der Waals surface area contributed by atoms with Gasteiger partial charge in [-0.25, -0.2) is 8.42 Å². The van der Waals surface area contributed by atoms with Crippen LogP contribution in [0.3, 0.4) is 0 Å². The number of carbonyl (C=O) groups is 2. The fourth-order valence-corrected chi connectivity index (χ4v) is 4.86. The van der Waals surface area contributed by atoms with Crippen LogP contribution in [-0.2, 0) is 19.6 Å². The lowest BCUT2D eigenvalue weighted by Crippen LogP contribution is -2.41. The van der Waals surface area contributed by atoms with E-state index in [-0.39, 0.29) is 22.6 Å². The van der Waals surface area contributed by atoms with Crippen molar-refractivity contribution in [3.63, 3.8) is 0 Å². The third kappa shape index (κ3) is 5.02. The number of benzene rings is 2. The number of hydrogen-bond donors (Lipinski definition) is 2. The number of piperidine rings is 1. The van der Waals surface area contributed by atoms with Crippen molar-refractivity contribution in [2.75, 3.05) is 23.7 Å². The fraction of sp³-hybridized carbons (Fsp3) is 0.333. The number of anilines is 2. The first-order valence-electron chi connectivity index (χ1n) is 9.51. The molecule has 0 bridgehead atoms. The number of nitrogens with zero attached hydrogens (tertiary/aromatic N) is 1. The summed E-state index contributed by atoms with van der Waals surface area (Å²) in [6.45, 7) is 3.91. The van der Waals surface area contributed by atoms with E-state index in [0.717, 1.165) is 5.56 Å². The van der Waals surface area contributed by atoms with Gasteiger partial charge in [0.25, 0.3) is 0 Å². The highest BCUT2D eigenvalue weighted by atomic mass is 32.2. The van der Waals surface area contributed by atoms with Gasteiger partial charge in [-0.15, -0.1) is 0 Å². The number of nitrogens with one attached hydrogen (secondary N) is 2. The summed E-state index contributed by atoms with van der Waals surface area (Å²) in [5, 5.41) is 5.62. The van der Waals surface area contributed by atoms with Crippen LogP contribution < -0.4 is 10.6 Å². The molecule has 1 saturated heterocycles. The van der Waals surface area contributed by atoms with E-state index in [1.165, 1.54) is 11.2 Å². The van der Waals surface area contributed by atoms with Crippen molar-refractivity contribution < 1.29 is 18.0 Å². The smallest absolute Gasteiger partial charge is 0.243 e. The lowest BCUT2D eigenvalue weighted by atomic mass is 9.97. The largest absolute Gasteiger partial charge is 0.326 e. The molecule has 8 heteroatoms. The van der Waals surface area contributed by atoms with E-state index in [1.807, 2.05) is 13.0 Å². The molecular formula is C21H25N3O4S. The van der Waals surface area contributed by atoms with Crippen molar-refractivity contribution in [2.45, 2.75) is 31.6 Å². The molecule has 2 aromatic rings. The maximum absolute atomic E-state index is 12.7. The molecule has 2 amide bonds. The number of sulfonamides is 1. The van der Waals surface area contributed by atoms with Gasteiger partial charge >= 0.3 is 0 Å². The Morgan fingerprint density at radius 2 is 1.66 bits per heavy atom. The molecule has 2 N–H and O–H groups in total. The van der Waals surface area contributed by atoms with E-state index in [2.05, 4.69) is 10.6 Å². The highest BCUT2D eigenvalue weighted by Gasteiger charge is 2.32. The Bertz CT molecular complexity index is 998. The molecule has 154 valence electrons. The molecule has 3 rings (SSSR count). The molecule has 0 radical (unpaired) electrons. The van der Waals surface area contributed by atoms with E-state index >= 15 is 0 Å². The summed E-state index contributed by atoms with van der Waals surface area (Å²) in [5.41, 5.74) is 2.14. The van der Waals surface area contributed by atoms with Crippen molar-refractivity contribution in [2.24, 2.45) is 5.92 Å². The van der Waals surface area contributed by atoms with Gasteiger partial charge in [0, 0.05) is 37.3 Å². The molecule has 2 aromatic carbocycles. The Kier molecular flexibility index (Phi) is 6.34. The molecule has 0 aromatic heterocycles. The first-order chi connectivity index (χ1) is 13.8. The van der Waals surface area contributed by atoms with Gasteiger partial charge in [-0.05, 0) is 49.6 Å². The zero-order valence-electron chi connectivity index (χ0n) is 16.5. The number of hydrogen-bond acceptors (Lipinski definition) is 4. The second kappa shape index (κ2) is 8.75. The maximum Gasteiger partial charge on any atom is 0.243 e. The molecule has 1 heterocycles. The quantitative estimate of drug-likeness (QED) is 0.785. The zero-order chi connectivity index (χ0) is 21.0. The van der Waals surface area contributed by atoms with E-state index in [0.29, 0.717) is 37.3 Å². The summed E-state index contributed by atoms with van der Waals surface area (Å²) in [6, 6.07) is 13.7. The predicted molar refractivity (Wildman–Crippen MR) is 112 cm³/mol. The predicted octanol–water partition coefficient (Wildman–Crippen LogP) is 2.99. The summed E-state index contributed by atoms with van der Waals surface area (Å²) < 4.78 is 26.9. The minimum atomic E-state index is -3.53. The molecule has 0 aliphatic carbocycles. The van der Waals surface area contributed by atoms with Gasteiger partial charge in [0.1, 0.15) is 0 Å². The Balaban J connectivity index is 1.63. The fourth-order valence-electron chi connectivity index (χ4n) is 3.37. The normalized spacial score (nSPS) is 15.7. The minimum absolute atomic E-state index is 0.134. The van der Waals surface area contributed by atoms with Crippen LogP contribution in [0, 0.1) is 12.8 Å². The molecule has 0 saturated carbocycles. The van der Waals surface area contributed by atoms with E-state index in [1.54, 1.807) is 42.5 Å². The lowest BCUT2D eigenvalue weighted by Gasteiger charge is -2.30. The summed E-state index contributed by atoms with van der Waals surface area (Å²) in [7, 11) is -3.53. The van der Waals surface area contributed by atoms with Gasteiger partial charge in [0.05, 0.1) is 4.90 Å². The summed E-state index contributed by atoms with van der Waals surface area (Å²) in [5.74, 6) is -0.580. The Hall–Kier alpha value is -2.71. The highest BCUT2D eigenvalue weighted by molar-refractivity contribution is 7.89. The Morgan fingerprint density at radius 3 is 2.28 bits per heavy atom. The summed E-state index contributed by atoms with van der Waals surface area (Å²) in [4.78, 5) is 24.2. The van der Waals surface area contributed by atoms with E-state index in [4.69, 9.17) is 0 Å². The van der Waals surface area contributed by atoms with Crippen LogP contribution >= 0.6 is 0 Å². The topological polar surface area (TPSA) is 95.6 Å². The molecule has 1 aliphatic heterocycles. The molecule has 1 aliphatic rings. The monoisotopic (exact) mass is 415 g/mol. The molecule has 0 spiro atoms. The van der Waals surface area contributed by atoms with Crippen LogP contribution in [-0.4, -0.2) is 37.6 Å². The zero-order valence-corrected chi connectivity index (χ0v) is 17.3. The van der Waals surface area contributed by atoms with E-state index in [9.17, 15) is 18.0 Å². The molecule has 29 heavy (non-hydrogen) atoms. The van der Waals surface area contributed by atoms with Gasteiger partial charge in [-0.2, -0.15) is 4.31 Å². The van der Waals surface area contributed by atoms with Crippen LogP contribution in [0.5, 0.6) is 0 Å². The molecule has 7 nitrogen and oxygen atoms in total. The highest BCUT2D eigenvalue weighted by Crippen LogP contribution is 2.26. The lowest BCUT2D eigenvalue weighted by molar-refractivity contribution is -0.121. The van der Waals surface area contributed by atoms with Gasteiger partial charge in [0.15, 0.2) is 0 Å². The van der Waals surface area contributed by atoms with E-state index < -0.39 is 10.0 Å². The van der Waals surface area contributed by atoms with Crippen molar-refractivity contribution in [1.29, 1.82) is 0 Å². The molecule has 0 atom stereocenters. The summed E-state index contributed by atoms with van der Waals surface area (Å²) in [6.07, 6.45) is 0.921. The van der Waals surface area contributed by atoms with Gasteiger partial charge in [-0.1, -0.05) is 24.3 Å². The number of amides is 2. The number of aryl methyl sites for hydroxylation is 1. The average molecular weight is 416 g/mol. The van der Waals surface area contributed by atoms with Crippen LogP contribution in [0.1, 0.15) is 25.3 Å². The van der Waals surface area contributed by atoms with Crippen molar-refractivity contribution in [3.8, 4) is 0 Å². The van der Waals surface area contributed by atoms with Crippen LogP contribution in [0.25, 0.3) is 0 Å². The molecular weight excluding hydrogens is 390 g/mol. The maximum atomic E-state index is 12.7. The summed E-state index contributed by atoms with van der Waals surface area (Å²) >= 11 is 0. The molecule has 1 fully saturated rings. The second-order valence-corrected chi connectivity index (χ2v) is 9.13. The van der Waals surface area contributed by atoms with Gasteiger partial charge < -0.3 is 10.6 Å².